The molecular weight excluding hydrogens is 340 g/mol. The molecule has 6 nitrogen and oxygen atoms in total. The van der Waals surface area contributed by atoms with Gasteiger partial charge in [0.2, 0.25) is 5.95 Å². The van der Waals surface area contributed by atoms with E-state index in [-0.39, 0.29) is 11.7 Å². The van der Waals surface area contributed by atoms with Crippen LogP contribution in [-0.2, 0) is 11.8 Å². The number of pyridine rings is 1. The Bertz CT molecular complexity index is 983. The smallest absolute Gasteiger partial charge is 0.255 e. The summed E-state index contributed by atoms with van der Waals surface area (Å²) in [5, 5.41) is 0. The third-order valence-corrected chi connectivity index (χ3v) is 4.89. The maximum Gasteiger partial charge on any atom is 0.255 e. The number of morpholine rings is 1. The van der Waals surface area contributed by atoms with E-state index in [1.807, 2.05) is 12.1 Å². The number of aryl methyl sites for hydroxylation is 1. The van der Waals surface area contributed by atoms with E-state index in [4.69, 9.17) is 9.72 Å². The van der Waals surface area contributed by atoms with Crippen LogP contribution in [0.2, 0.25) is 0 Å². The van der Waals surface area contributed by atoms with Crippen LogP contribution in [0.15, 0.2) is 59.7 Å². The highest BCUT2D eigenvalue weighted by Crippen LogP contribution is 2.26. The van der Waals surface area contributed by atoms with Crippen molar-refractivity contribution in [2.24, 2.45) is 7.05 Å². The third-order valence-electron chi connectivity index (χ3n) is 4.89. The van der Waals surface area contributed by atoms with E-state index in [1.165, 1.54) is 5.56 Å². The fourth-order valence-corrected chi connectivity index (χ4v) is 3.29. The van der Waals surface area contributed by atoms with Crippen molar-refractivity contribution in [2.75, 3.05) is 24.6 Å². The monoisotopic (exact) mass is 362 g/mol. The van der Waals surface area contributed by atoms with Crippen molar-refractivity contribution in [1.82, 2.24) is 14.5 Å². The van der Waals surface area contributed by atoms with Gasteiger partial charge in [-0.25, -0.2) is 4.98 Å². The van der Waals surface area contributed by atoms with Crippen molar-refractivity contribution < 1.29 is 4.74 Å². The molecule has 0 saturated carbocycles. The molecule has 3 aromatic rings. The number of aromatic nitrogens is 3. The van der Waals surface area contributed by atoms with Crippen molar-refractivity contribution in [2.45, 2.75) is 13.0 Å². The highest BCUT2D eigenvalue weighted by molar-refractivity contribution is 5.59. The van der Waals surface area contributed by atoms with Crippen LogP contribution in [0.25, 0.3) is 11.3 Å². The molecule has 138 valence electrons. The molecule has 0 N–H and O–H groups in total. The summed E-state index contributed by atoms with van der Waals surface area (Å²) in [6, 6.07) is 13.7. The lowest BCUT2D eigenvalue weighted by molar-refractivity contribution is 0.0390. The van der Waals surface area contributed by atoms with E-state index in [2.05, 4.69) is 41.1 Å². The Kier molecular flexibility index (Phi) is 4.73. The normalized spacial score (nSPS) is 17.1. The van der Waals surface area contributed by atoms with E-state index in [0.717, 1.165) is 11.1 Å². The fourth-order valence-electron chi connectivity index (χ4n) is 3.29. The van der Waals surface area contributed by atoms with Crippen molar-refractivity contribution in [1.29, 1.82) is 0 Å². The lowest BCUT2D eigenvalue weighted by Gasteiger charge is -2.34. The number of hydrogen-bond donors (Lipinski definition) is 0. The zero-order valence-electron chi connectivity index (χ0n) is 15.5. The van der Waals surface area contributed by atoms with Crippen LogP contribution in [0.3, 0.4) is 0 Å². The zero-order chi connectivity index (χ0) is 18.8. The van der Waals surface area contributed by atoms with Crippen LogP contribution in [0.5, 0.6) is 0 Å². The number of rotatable bonds is 3. The number of nitrogens with zero attached hydrogens (tertiary/aromatic N) is 4. The van der Waals surface area contributed by atoms with Crippen LogP contribution in [0.4, 0.5) is 5.95 Å². The van der Waals surface area contributed by atoms with Crippen LogP contribution in [0.1, 0.15) is 17.2 Å². The molecular formula is C21H22N4O2. The maximum atomic E-state index is 12.5. The van der Waals surface area contributed by atoms with E-state index in [1.54, 1.807) is 30.1 Å². The summed E-state index contributed by atoms with van der Waals surface area (Å²) in [5.41, 5.74) is 3.83. The predicted molar refractivity (Wildman–Crippen MR) is 105 cm³/mol. The second-order valence-electron chi connectivity index (χ2n) is 6.79. The largest absolute Gasteiger partial charge is 0.370 e. The van der Waals surface area contributed by atoms with Crippen molar-refractivity contribution in [3.05, 3.63) is 76.3 Å². The van der Waals surface area contributed by atoms with Gasteiger partial charge in [-0.2, -0.15) is 0 Å². The summed E-state index contributed by atoms with van der Waals surface area (Å²) in [5.74, 6) is 0.662. The molecule has 1 saturated heterocycles. The lowest BCUT2D eigenvalue weighted by Crippen LogP contribution is -2.41. The Labute approximate surface area is 158 Å². The zero-order valence-corrected chi connectivity index (χ0v) is 15.5. The minimum Gasteiger partial charge on any atom is -0.370 e. The molecule has 6 heteroatoms. The molecule has 27 heavy (non-hydrogen) atoms. The summed E-state index contributed by atoms with van der Waals surface area (Å²) in [6.45, 7) is 4.02. The number of hydrogen-bond acceptors (Lipinski definition) is 5. The van der Waals surface area contributed by atoms with Crippen LogP contribution < -0.4 is 10.5 Å². The van der Waals surface area contributed by atoms with Gasteiger partial charge in [0.25, 0.3) is 5.56 Å². The lowest BCUT2D eigenvalue weighted by atomic mass is 10.1. The number of anilines is 1. The first-order valence-corrected chi connectivity index (χ1v) is 9.03. The SMILES string of the molecule is Cc1ccc([C@H]2CN(c3nc(-c4ccncc4)cc(=O)n3C)CCO2)cc1. The van der Waals surface area contributed by atoms with Gasteiger partial charge in [0.05, 0.1) is 18.8 Å². The van der Waals surface area contributed by atoms with Crippen molar-refractivity contribution in [3.8, 4) is 11.3 Å². The molecule has 0 radical (unpaired) electrons. The van der Waals surface area contributed by atoms with Crippen LogP contribution >= 0.6 is 0 Å². The first kappa shape index (κ1) is 17.4. The summed E-state index contributed by atoms with van der Waals surface area (Å²) >= 11 is 0. The molecule has 0 amide bonds. The Balaban J connectivity index is 1.67. The molecule has 0 spiro atoms. The van der Waals surface area contributed by atoms with E-state index in [9.17, 15) is 4.79 Å². The molecule has 4 rings (SSSR count). The second kappa shape index (κ2) is 7.32. The molecule has 0 unspecified atom stereocenters. The Morgan fingerprint density at radius 2 is 1.85 bits per heavy atom. The molecule has 0 bridgehead atoms. The average molecular weight is 362 g/mol. The summed E-state index contributed by atoms with van der Waals surface area (Å²) in [4.78, 5) is 23.4. The molecule has 1 atom stereocenters. The Morgan fingerprint density at radius 1 is 1.11 bits per heavy atom. The fraction of sp³-hybridized carbons (Fsp3) is 0.286. The van der Waals surface area contributed by atoms with Gasteiger partial charge >= 0.3 is 0 Å². The first-order chi connectivity index (χ1) is 13.1. The highest BCUT2D eigenvalue weighted by atomic mass is 16.5. The second-order valence-corrected chi connectivity index (χ2v) is 6.79. The van der Waals surface area contributed by atoms with Gasteiger partial charge in [-0.05, 0) is 24.6 Å². The third kappa shape index (κ3) is 3.61. The van der Waals surface area contributed by atoms with Gasteiger partial charge in [0.1, 0.15) is 6.10 Å². The Morgan fingerprint density at radius 3 is 2.59 bits per heavy atom. The summed E-state index contributed by atoms with van der Waals surface area (Å²) in [7, 11) is 1.76. The van der Waals surface area contributed by atoms with Crippen molar-refractivity contribution in [3.63, 3.8) is 0 Å². The summed E-state index contributed by atoms with van der Waals surface area (Å²) in [6.07, 6.45) is 3.37. The first-order valence-electron chi connectivity index (χ1n) is 9.03. The molecule has 1 fully saturated rings. The molecule has 1 aromatic carbocycles. The van der Waals surface area contributed by atoms with Gasteiger partial charge in [-0.15, -0.1) is 0 Å². The maximum absolute atomic E-state index is 12.5. The molecule has 1 aliphatic heterocycles. The molecule has 2 aromatic heterocycles. The molecule has 3 heterocycles. The van der Waals surface area contributed by atoms with Crippen LogP contribution in [-0.4, -0.2) is 34.2 Å². The minimum atomic E-state index is -0.0785. The molecule has 0 aliphatic carbocycles. The van der Waals surface area contributed by atoms with Gasteiger partial charge in [-0.1, -0.05) is 29.8 Å². The van der Waals surface area contributed by atoms with E-state index >= 15 is 0 Å². The summed E-state index contributed by atoms with van der Waals surface area (Å²) < 4.78 is 7.57. The van der Waals surface area contributed by atoms with E-state index in [0.29, 0.717) is 31.3 Å². The quantitative estimate of drug-likeness (QED) is 0.717. The van der Waals surface area contributed by atoms with Crippen LogP contribution in [0, 0.1) is 6.92 Å². The predicted octanol–water partition coefficient (Wildman–Crippen LogP) is 2.73. The molecule has 1 aliphatic rings. The number of benzene rings is 1. The standard InChI is InChI=1S/C21H22N4O2/c1-15-3-5-17(6-4-15)19-14-25(11-12-27-19)21-23-18(13-20(26)24(21)2)16-7-9-22-10-8-16/h3-10,13,19H,11-12,14H2,1-2H3/t19-/m1/s1. The topological polar surface area (TPSA) is 60.2 Å². The number of ether oxygens (including phenoxy) is 1. The van der Waals surface area contributed by atoms with E-state index < -0.39 is 0 Å². The van der Waals surface area contributed by atoms with Gasteiger partial charge < -0.3 is 9.64 Å². The van der Waals surface area contributed by atoms with Gasteiger partial charge in [0, 0.05) is 37.6 Å². The van der Waals surface area contributed by atoms with Gasteiger partial charge in [-0.3, -0.25) is 14.3 Å². The highest BCUT2D eigenvalue weighted by Gasteiger charge is 2.25. The Hall–Kier alpha value is -2.99. The average Bonchev–Trinajstić information content (AvgIpc) is 2.71. The van der Waals surface area contributed by atoms with Gasteiger partial charge in [0.15, 0.2) is 0 Å². The minimum absolute atomic E-state index is 0.0409. The van der Waals surface area contributed by atoms with Crippen molar-refractivity contribution >= 4 is 5.95 Å².